The van der Waals surface area contributed by atoms with Gasteiger partial charge in [0, 0.05) is 11.9 Å². The highest BCUT2D eigenvalue weighted by Gasteiger charge is 2.23. The number of carboxylic acid groups (broad SMARTS) is 1. The van der Waals surface area contributed by atoms with E-state index in [1.807, 2.05) is 17.5 Å². The molecular formula is C11H15N3O4S. The van der Waals surface area contributed by atoms with Crippen LogP contribution in [-0.4, -0.2) is 41.0 Å². The van der Waals surface area contributed by atoms with Gasteiger partial charge in [0.25, 0.3) is 0 Å². The molecule has 0 aromatic carbocycles. The first-order valence-electron chi connectivity index (χ1n) is 5.45. The number of carbonyl (C=O) groups is 3. The number of thiophene rings is 1. The first kappa shape index (κ1) is 15.0. The van der Waals surface area contributed by atoms with Gasteiger partial charge in [-0.1, -0.05) is 6.07 Å². The third-order valence-corrected chi connectivity index (χ3v) is 3.18. The molecule has 19 heavy (non-hydrogen) atoms. The van der Waals surface area contributed by atoms with Crippen molar-refractivity contribution in [2.24, 2.45) is 5.73 Å². The zero-order valence-electron chi connectivity index (χ0n) is 10.3. The Morgan fingerprint density at radius 2 is 2.21 bits per heavy atom. The average Bonchev–Trinajstić information content (AvgIpc) is 2.79. The number of aliphatic carboxylic acids is 1. The molecule has 0 saturated carbocycles. The number of nitrogens with one attached hydrogen (secondary N) is 1. The number of urea groups is 1. The third-order valence-electron chi connectivity index (χ3n) is 2.32. The standard InChI is InChI=1S/C11H15N3O4S/c1-14(6-7-3-2-4-19-7)11(18)13-8(10(16)17)5-9(12)15/h2-4,8H,5-6H2,1H3,(H2,12,15)(H,13,18)(H,16,17)/t8-/m1/s1. The molecular weight excluding hydrogens is 270 g/mol. The molecule has 0 aliphatic heterocycles. The Kier molecular flexibility index (Phi) is 5.31. The predicted molar refractivity (Wildman–Crippen MR) is 69.6 cm³/mol. The lowest BCUT2D eigenvalue weighted by atomic mass is 10.2. The molecule has 0 aliphatic carbocycles. The largest absolute Gasteiger partial charge is 0.480 e. The summed E-state index contributed by atoms with van der Waals surface area (Å²) in [6.07, 6.45) is -0.437. The molecule has 0 aliphatic rings. The van der Waals surface area contributed by atoms with Gasteiger partial charge in [0.15, 0.2) is 0 Å². The average molecular weight is 285 g/mol. The van der Waals surface area contributed by atoms with Gasteiger partial charge in [0.2, 0.25) is 5.91 Å². The van der Waals surface area contributed by atoms with Crippen LogP contribution in [-0.2, 0) is 16.1 Å². The molecule has 104 valence electrons. The molecule has 0 spiro atoms. The number of hydrogen-bond acceptors (Lipinski definition) is 4. The van der Waals surface area contributed by atoms with Gasteiger partial charge < -0.3 is 21.1 Å². The summed E-state index contributed by atoms with van der Waals surface area (Å²) >= 11 is 1.49. The van der Waals surface area contributed by atoms with E-state index in [2.05, 4.69) is 5.32 Å². The van der Waals surface area contributed by atoms with Crippen LogP contribution in [0.1, 0.15) is 11.3 Å². The van der Waals surface area contributed by atoms with E-state index in [0.717, 1.165) is 4.88 Å². The zero-order chi connectivity index (χ0) is 14.4. The lowest BCUT2D eigenvalue weighted by Gasteiger charge is -2.20. The SMILES string of the molecule is CN(Cc1cccs1)C(=O)N[C@H](CC(N)=O)C(=O)O. The van der Waals surface area contributed by atoms with Crippen molar-refractivity contribution in [3.8, 4) is 0 Å². The van der Waals surface area contributed by atoms with Gasteiger partial charge >= 0.3 is 12.0 Å². The van der Waals surface area contributed by atoms with Crippen LogP contribution in [0.15, 0.2) is 17.5 Å². The molecule has 1 heterocycles. The van der Waals surface area contributed by atoms with E-state index in [1.165, 1.54) is 23.3 Å². The van der Waals surface area contributed by atoms with Crippen molar-refractivity contribution < 1.29 is 19.5 Å². The van der Waals surface area contributed by atoms with Crippen molar-refractivity contribution in [1.29, 1.82) is 0 Å². The van der Waals surface area contributed by atoms with E-state index in [-0.39, 0.29) is 0 Å². The molecule has 4 N–H and O–H groups in total. The maximum Gasteiger partial charge on any atom is 0.326 e. The van der Waals surface area contributed by atoms with Crippen LogP contribution in [0.3, 0.4) is 0 Å². The molecule has 0 fully saturated rings. The molecule has 1 aromatic rings. The third kappa shape index (κ3) is 4.96. The Hall–Kier alpha value is -2.09. The lowest BCUT2D eigenvalue weighted by Crippen LogP contribution is -2.47. The second-order valence-corrected chi connectivity index (χ2v) is 4.98. The van der Waals surface area contributed by atoms with Gasteiger partial charge in [-0.3, -0.25) is 4.79 Å². The van der Waals surface area contributed by atoms with Crippen LogP contribution >= 0.6 is 11.3 Å². The topological polar surface area (TPSA) is 113 Å². The molecule has 0 radical (unpaired) electrons. The highest BCUT2D eigenvalue weighted by Crippen LogP contribution is 2.10. The lowest BCUT2D eigenvalue weighted by molar-refractivity contribution is -0.140. The van der Waals surface area contributed by atoms with E-state index < -0.39 is 30.4 Å². The smallest absolute Gasteiger partial charge is 0.326 e. The van der Waals surface area contributed by atoms with E-state index in [4.69, 9.17) is 10.8 Å². The molecule has 0 bridgehead atoms. The van der Waals surface area contributed by atoms with Crippen LogP contribution in [0.5, 0.6) is 0 Å². The first-order valence-corrected chi connectivity index (χ1v) is 6.33. The molecule has 1 aromatic heterocycles. The normalized spacial score (nSPS) is 11.6. The monoisotopic (exact) mass is 285 g/mol. The predicted octanol–water partition coefficient (Wildman–Crippen LogP) is 0.218. The second kappa shape index (κ2) is 6.74. The van der Waals surface area contributed by atoms with Crippen molar-refractivity contribution in [3.63, 3.8) is 0 Å². The molecule has 7 nitrogen and oxygen atoms in total. The van der Waals surface area contributed by atoms with E-state index >= 15 is 0 Å². The van der Waals surface area contributed by atoms with Crippen molar-refractivity contribution in [1.82, 2.24) is 10.2 Å². The fraction of sp³-hybridized carbons (Fsp3) is 0.364. The second-order valence-electron chi connectivity index (χ2n) is 3.95. The summed E-state index contributed by atoms with van der Waals surface area (Å²) in [6.45, 7) is 0.367. The van der Waals surface area contributed by atoms with Crippen molar-refractivity contribution in [2.75, 3.05) is 7.05 Å². The van der Waals surface area contributed by atoms with E-state index in [1.54, 1.807) is 0 Å². The van der Waals surface area contributed by atoms with Crippen LogP contribution in [0.2, 0.25) is 0 Å². The number of carbonyl (C=O) groups excluding carboxylic acids is 2. The number of rotatable bonds is 6. The molecule has 1 rings (SSSR count). The van der Waals surface area contributed by atoms with Crippen LogP contribution in [0, 0.1) is 0 Å². The summed E-state index contributed by atoms with van der Waals surface area (Å²) < 4.78 is 0. The van der Waals surface area contributed by atoms with Gasteiger partial charge in [0.05, 0.1) is 13.0 Å². The number of hydrogen-bond donors (Lipinski definition) is 3. The minimum Gasteiger partial charge on any atom is -0.480 e. The van der Waals surface area contributed by atoms with Crippen molar-refractivity contribution >= 4 is 29.2 Å². The fourth-order valence-electron chi connectivity index (χ4n) is 1.37. The Morgan fingerprint density at radius 1 is 1.53 bits per heavy atom. The number of amides is 3. The number of carboxylic acids is 1. The zero-order valence-corrected chi connectivity index (χ0v) is 11.1. The van der Waals surface area contributed by atoms with Crippen molar-refractivity contribution in [3.05, 3.63) is 22.4 Å². The van der Waals surface area contributed by atoms with Gasteiger partial charge in [-0.05, 0) is 11.4 Å². The summed E-state index contributed by atoms with van der Waals surface area (Å²) in [6, 6.07) is 1.85. The summed E-state index contributed by atoms with van der Waals surface area (Å²) in [5.74, 6) is -2.08. The first-order chi connectivity index (χ1) is 8.90. The quantitative estimate of drug-likeness (QED) is 0.693. The number of primary amides is 1. The van der Waals surface area contributed by atoms with Gasteiger partial charge in [-0.25, -0.2) is 9.59 Å². The summed E-state index contributed by atoms with van der Waals surface area (Å²) in [5.41, 5.74) is 4.93. The molecule has 0 unspecified atom stereocenters. The number of nitrogens with two attached hydrogens (primary N) is 1. The minimum absolute atomic E-state index is 0.367. The number of nitrogens with zero attached hydrogens (tertiary/aromatic N) is 1. The summed E-state index contributed by atoms with van der Waals surface area (Å²) in [4.78, 5) is 35.7. The van der Waals surface area contributed by atoms with Crippen LogP contribution in [0.4, 0.5) is 4.79 Å². The molecule has 8 heteroatoms. The Bertz CT molecular complexity index is 461. The van der Waals surface area contributed by atoms with Crippen molar-refractivity contribution in [2.45, 2.75) is 19.0 Å². The maximum absolute atomic E-state index is 11.8. The molecule has 0 saturated heterocycles. The molecule has 3 amide bonds. The van der Waals surface area contributed by atoms with Gasteiger partial charge in [0.1, 0.15) is 6.04 Å². The van der Waals surface area contributed by atoms with Gasteiger partial charge in [-0.2, -0.15) is 0 Å². The minimum atomic E-state index is -1.31. The maximum atomic E-state index is 11.8. The fourth-order valence-corrected chi connectivity index (χ4v) is 2.13. The Balaban J connectivity index is 2.56. The molecule has 1 atom stereocenters. The van der Waals surface area contributed by atoms with Crippen LogP contribution in [0.25, 0.3) is 0 Å². The summed E-state index contributed by atoms with van der Waals surface area (Å²) in [5, 5.41) is 13.0. The van der Waals surface area contributed by atoms with E-state index in [9.17, 15) is 14.4 Å². The highest BCUT2D eigenvalue weighted by molar-refractivity contribution is 7.09. The van der Waals surface area contributed by atoms with Crippen LogP contribution < -0.4 is 11.1 Å². The highest BCUT2D eigenvalue weighted by atomic mass is 32.1. The van der Waals surface area contributed by atoms with Gasteiger partial charge in [-0.15, -0.1) is 11.3 Å². The summed E-state index contributed by atoms with van der Waals surface area (Å²) in [7, 11) is 1.54. The Morgan fingerprint density at radius 3 is 2.68 bits per heavy atom. The van der Waals surface area contributed by atoms with E-state index in [0.29, 0.717) is 6.54 Å². The Labute approximate surface area is 114 Å².